The van der Waals surface area contributed by atoms with Crippen LogP contribution in [0.2, 0.25) is 0 Å². The zero-order chi connectivity index (χ0) is 15.8. The highest BCUT2D eigenvalue weighted by Crippen LogP contribution is 2.10. The van der Waals surface area contributed by atoms with Crippen molar-refractivity contribution in [2.75, 3.05) is 0 Å². The fourth-order valence-electron chi connectivity index (χ4n) is 2.29. The van der Waals surface area contributed by atoms with Crippen molar-refractivity contribution in [3.05, 3.63) is 12.2 Å². The van der Waals surface area contributed by atoms with Gasteiger partial charge in [0.1, 0.15) is 5.78 Å². The largest absolute Gasteiger partial charge is 0.481 e. The first kappa shape index (κ1) is 19.9. The van der Waals surface area contributed by atoms with E-state index in [0.717, 1.165) is 51.4 Å². The van der Waals surface area contributed by atoms with Gasteiger partial charge in [-0.05, 0) is 25.7 Å². The Bertz CT molecular complexity index is 295. The zero-order valence-electron chi connectivity index (χ0n) is 13.6. The molecule has 0 aliphatic heterocycles. The van der Waals surface area contributed by atoms with E-state index in [1.807, 2.05) is 6.08 Å². The summed E-state index contributed by atoms with van der Waals surface area (Å²) in [5, 5.41) is 8.46. The Morgan fingerprint density at radius 3 is 1.95 bits per heavy atom. The molecule has 0 radical (unpaired) electrons. The first-order valence-electron chi connectivity index (χ1n) is 8.55. The van der Waals surface area contributed by atoms with Crippen molar-refractivity contribution < 1.29 is 14.7 Å². The van der Waals surface area contributed by atoms with E-state index in [-0.39, 0.29) is 6.42 Å². The second-order valence-corrected chi connectivity index (χ2v) is 5.73. The van der Waals surface area contributed by atoms with E-state index in [4.69, 9.17) is 5.11 Å². The van der Waals surface area contributed by atoms with Crippen LogP contribution in [-0.2, 0) is 9.59 Å². The third-order valence-electron chi connectivity index (χ3n) is 3.59. The van der Waals surface area contributed by atoms with Crippen LogP contribution < -0.4 is 0 Å². The molecule has 0 aromatic heterocycles. The van der Waals surface area contributed by atoms with Crippen molar-refractivity contribution in [1.29, 1.82) is 0 Å². The first-order chi connectivity index (χ1) is 10.2. The molecule has 3 nitrogen and oxygen atoms in total. The summed E-state index contributed by atoms with van der Waals surface area (Å²) in [6.45, 7) is 2.20. The van der Waals surface area contributed by atoms with E-state index < -0.39 is 5.97 Å². The molecular formula is C18H32O3. The lowest BCUT2D eigenvalue weighted by molar-refractivity contribution is -0.136. The summed E-state index contributed by atoms with van der Waals surface area (Å²) in [6.07, 6.45) is 16.6. The molecule has 1 N–H and O–H groups in total. The van der Waals surface area contributed by atoms with Gasteiger partial charge in [0.05, 0.1) is 6.42 Å². The van der Waals surface area contributed by atoms with Crippen LogP contribution in [-0.4, -0.2) is 16.9 Å². The lowest BCUT2D eigenvalue weighted by Crippen LogP contribution is -1.97. The number of carbonyl (C=O) groups is 2. The molecule has 122 valence electrons. The van der Waals surface area contributed by atoms with E-state index in [1.54, 1.807) is 6.08 Å². The molecule has 0 rings (SSSR count). The zero-order valence-corrected chi connectivity index (χ0v) is 13.6. The van der Waals surface area contributed by atoms with Gasteiger partial charge in [-0.1, -0.05) is 57.6 Å². The summed E-state index contributed by atoms with van der Waals surface area (Å²) < 4.78 is 0. The van der Waals surface area contributed by atoms with E-state index >= 15 is 0 Å². The molecule has 21 heavy (non-hydrogen) atoms. The molecule has 0 aliphatic rings. The highest BCUT2D eigenvalue weighted by Gasteiger charge is 2.01. The Labute approximate surface area is 129 Å². The second kappa shape index (κ2) is 15.3. The summed E-state index contributed by atoms with van der Waals surface area (Å²) in [5.41, 5.74) is 0. The Kier molecular flexibility index (Phi) is 14.5. The number of unbranched alkanes of at least 4 members (excludes halogenated alkanes) is 8. The maximum Gasteiger partial charge on any atom is 0.307 e. The summed E-state index contributed by atoms with van der Waals surface area (Å²) >= 11 is 0. The lowest BCUT2D eigenvalue weighted by Gasteiger charge is -2.01. The number of Topliss-reactive ketones (excluding diaryl/α,β-unsaturated/α-hetero) is 1. The minimum atomic E-state index is -0.778. The first-order valence-corrected chi connectivity index (χ1v) is 8.55. The lowest BCUT2D eigenvalue weighted by atomic mass is 10.0. The average molecular weight is 296 g/mol. The van der Waals surface area contributed by atoms with E-state index in [2.05, 4.69) is 6.92 Å². The second-order valence-electron chi connectivity index (χ2n) is 5.73. The normalized spacial score (nSPS) is 11.1. The molecule has 0 heterocycles. The van der Waals surface area contributed by atoms with Crippen molar-refractivity contribution in [2.45, 2.75) is 90.4 Å². The van der Waals surface area contributed by atoms with Gasteiger partial charge < -0.3 is 5.11 Å². The number of carbonyl (C=O) groups excluding carboxylic acids is 1. The molecule has 0 spiro atoms. The average Bonchev–Trinajstić information content (AvgIpc) is 2.45. The van der Waals surface area contributed by atoms with Crippen molar-refractivity contribution in [3.63, 3.8) is 0 Å². The van der Waals surface area contributed by atoms with Gasteiger partial charge in [-0.2, -0.15) is 0 Å². The summed E-state index contributed by atoms with van der Waals surface area (Å²) in [6, 6.07) is 0. The number of allylic oxidation sites excluding steroid dienone is 1. The highest BCUT2D eigenvalue weighted by atomic mass is 16.4. The quantitative estimate of drug-likeness (QED) is 0.330. The Hall–Kier alpha value is -1.12. The number of carboxylic acid groups (broad SMARTS) is 1. The highest BCUT2D eigenvalue weighted by molar-refractivity contribution is 5.78. The summed E-state index contributed by atoms with van der Waals surface area (Å²) in [5.74, 6) is -0.354. The minimum absolute atomic E-state index is 0.118. The van der Waals surface area contributed by atoms with Crippen molar-refractivity contribution in [3.8, 4) is 0 Å². The molecule has 3 heteroatoms. The third-order valence-corrected chi connectivity index (χ3v) is 3.59. The predicted molar refractivity (Wildman–Crippen MR) is 87.5 cm³/mol. The smallest absolute Gasteiger partial charge is 0.307 e. The molecule has 0 aliphatic carbocycles. The number of hydrogen-bond donors (Lipinski definition) is 1. The van der Waals surface area contributed by atoms with Crippen LogP contribution in [0, 0.1) is 0 Å². The van der Waals surface area contributed by atoms with Gasteiger partial charge >= 0.3 is 5.97 Å². The van der Waals surface area contributed by atoms with Crippen LogP contribution >= 0.6 is 0 Å². The van der Waals surface area contributed by atoms with Gasteiger partial charge in [0, 0.05) is 12.8 Å². The monoisotopic (exact) mass is 296 g/mol. The van der Waals surface area contributed by atoms with Crippen LogP contribution in [0.1, 0.15) is 90.4 Å². The predicted octanol–water partition coefficient (Wildman–Crippen LogP) is 5.29. The van der Waals surface area contributed by atoms with Crippen molar-refractivity contribution in [2.24, 2.45) is 0 Å². The number of aliphatic carboxylic acids is 1. The molecule has 0 amide bonds. The molecular weight excluding hydrogens is 264 g/mol. The SMILES string of the molecule is CCCCCCCC(=O)CCCCCC/C=C/CC(=O)O. The molecule has 0 aromatic rings. The van der Waals surface area contributed by atoms with Crippen LogP contribution in [0.4, 0.5) is 0 Å². The van der Waals surface area contributed by atoms with Gasteiger partial charge in [-0.15, -0.1) is 0 Å². The standard InChI is InChI=1S/C18H32O3/c1-2-3-4-8-11-14-17(19)15-12-9-6-5-7-10-13-16-18(20)21/h10,13H,2-9,11-12,14-16H2,1H3,(H,20,21)/b13-10+. The maximum atomic E-state index is 11.6. The van der Waals surface area contributed by atoms with E-state index in [1.165, 1.54) is 25.7 Å². The van der Waals surface area contributed by atoms with Gasteiger partial charge in [-0.25, -0.2) is 0 Å². The van der Waals surface area contributed by atoms with Gasteiger partial charge in [0.25, 0.3) is 0 Å². The Balaban J connectivity index is 3.25. The van der Waals surface area contributed by atoms with E-state index in [0.29, 0.717) is 5.78 Å². The fourth-order valence-corrected chi connectivity index (χ4v) is 2.29. The fraction of sp³-hybridized carbons (Fsp3) is 0.778. The van der Waals surface area contributed by atoms with Crippen LogP contribution in [0.5, 0.6) is 0 Å². The molecule has 0 atom stereocenters. The molecule has 0 saturated heterocycles. The minimum Gasteiger partial charge on any atom is -0.481 e. The molecule has 0 fully saturated rings. The number of carboxylic acids is 1. The van der Waals surface area contributed by atoms with Crippen LogP contribution in [0.15, 0.2) is 12.2 Å². The molecule has 0 saturated carbocycles. The number of ketones is 1. The Morgan fingerprint density at radius 2 is 1.38 bits per heavy atom. The van der Waals surface area contributed by atoms with Gasteiger partial charge in [0.15, 0.2) is 0 Å². The third kappa shape index (κ3) is 16.8. The topological polar surface area (TPSA) is 54.4 Å². The molecule has 0 bridgehead atoms. The number of hydrogen-bond acceptors (Lipinski definition) is 2. The van der Waals surface area contributed by atoms with E-state index in [9.17, 15) is 9.59 Å². The van der Waals surface area contributed by atoms with Crippen molar-refractivity contribution in [1.82, 2.24) is 0 Å². The maximum absolute atomic E-state index is 11.6. The van der Waals surface area contributed by atoms with Gasteiger partial charge in [-0.3, -0.25) is 9.59 Å². The molecule has 0 unspecified atom stereocenters. The molecule has 0 aromatic carbocycles. The Morgan fingerprint density at radius 1 is 0.810 bits per heavy atom. The van der Waals surface area contributed by atoms with Crippen molar-refractivity contribution >= 4 is 11.8 Å². The summed E-state index contributed by atoms with van der Waals surface area (Å²) in [7, 11) is 0. The summed E-state index contributed by atoms with van der Waals surface area (Å²) in [4.78, 5) is 21.9. The van der Waals surface area contributed by atoms with Crippen LogP contribution in [0.3, 0.4) is 0 Å². The van der Waals surface area contributed by atoms with Crippen LogP contribution in [0.25, 0.3) is 0 Å². The number of rotatable bonds is 15. The van der Waals surface area contributed by atoms with Gasteiger partial charge in [0.2, 0.25) is 0 Å².